The third kappa shape index (κ3) is 3.49. The summed E-state index contributed by atoms with van der Waals surface area (Å²) in [4.78, 5) is 8.38. The molecule has 0 bridgehead atoms. The number of fused-ring (bicyclic) bond motifs is 3. The van der Waals surface area contributed by atoms with Crippen molar-refractivity contribution < 1.29 is 9.13 Å². The van der Waals surface area contributed by atoms with Crippen molar-refractivity contribution in [2.75, 3.05) is 0 Å². The first kappa shape index (κ1) is 19.2. The van der Waals surface area contributed by atoms with Crippen LogP contribution in [0.3, 0.4) is 0 Å². The quantitative estimate of drug-likeness (QED) is 0.278. The van der Waals surface area contributed by atoms with Gasteiger partial charge in [0.2, 0.25) is 11.8 Å². The van der Waals surface area contributed by atoms with E-state index in [4.69, 9.17) is 4.74 Å². The Bertz CT molecular complexity index is 1610. The van der Waals surface area contributed by atoms with Gasteiger partial charge in [-0.15, -0.1) is 0 Å². The highest BCUT2D eigenvalue weighted by Gasteiger charge is 2.14. The van der Waals surface area contributed by atoms with E-state index in [1.165, 1.54) is 11.5 Å². The second-order valence-electron chi connectivity index (χ2n) is 7.70. The Labute approximate surface area is 189 Å². The Balaban J connectivity index is 1.49. The Morgan fingerprint density at radius 2 is 1.48 bits per heavy atom. The van der Waals surface area contributed by atoms with Gasteiger partial charge in [0, 0.05) is 23.0 Å². The average molecular weight is 431 g/mol. The van der Waals surface area contributed by atoms with Gasteiger partial charge < -0.3 is 4.74 Å². The molecule has 6 aromatic rings. The normalized spacial score (nSPS) is 11.2. The maximum absolute atomic E-state index is 13.4. The van der Waals surface area contributed by atoms with Crippen LogP contribution in [0.1, 0.15) is 0 Å². The molecule has 0 atom stereocenters. The predicted octanol–water partition coefficient (Wildman–Crippen LogP) is 7.17. The van der Waals surface area contributed by atoms with Crippen molar-refractivity contribution in [3.63, 3.8) is 0 Å². The van der Waals surface area contributed by atoms with Crippen LogP contribution in [-0.4, -0.2) is 14.5 Å². The van der Waals surface area contributed by atoms with Gasteiger partial charge in [0.05, 0.1) is 11.0 Å². The number of rotatable bonds is 4. The third-order valence-corrected chi connectivity index (χ3v) is 5.63. The molecule has 0 N–H and O–H groups in total. The van der Waals surface area contributed by atoms with E-state index >= 15 is 0 Å². The number of hydrogen-bond donors (Lipinski definition) is 0. The second-order valence-corrected chi connectivity index (χ2v) is 7.70. The average Bonchev–Trinajstić information content (AvgIpc) is 3.18. The van der Waals surface area contributed by atoms with Crippen molar-refractivity contribution in [1.29, 1.82) is 0 Å². The highest BCUT2D eigenvalue weighted by atomic mass is 19.1. The van der Waals surface area contributed by atoms with Crippen LogP contribution in [0.4, 0.5) is 4.39 Å². The standard InChI is InChI=1S/C28H18FN3O/c29-26-11-6-13-28(31-26)33-21-8-5-7-19(17-21)20-14-15-23-22-9-1-2-10-24(22)32(25(23)18-20)27-12-3-4-16-30-27/h1-18H. The van der Waals surface area contributed by atoms with Gasteiger partial charge in [-0.1, -0.05) is 54.6 Å². The number of nitrogens with zero attached hydrogens (tertiary/aromatic N) is 3. The summed E-state index contributed by atoms with van der Waals surface area (Å²) in [6, 6.07) is 32.9. The number of benzene rings is 3. The molecule has 3 aromatic carbocycles. The molecule has 0 fully saturated rings. The van der Waals surface area contributed by atoms with Crippen LogP contribution in [0.25, 0.3) is 38.8 Å². The molecule has 6 rings (SSSR count). The number of ether oxygens (including phenoxy) is 1. The van der Waals surface area contributed by atoms with Gasteiger partial charge in [0.15, 0.2) is 0 Å². The molecule has 0 spiro atoms. The van der Waals surface area contributed by atoms with Crippen LogP contribution in [0.2, 0.25) is 0 Å². The van der Waals surface area contributed by atoms with Gasteiger partial charge in [0.25, 0.3) is 0 Å². The Kier molecular flexibility index (Phi) is 4.58. The third-order valence-electron chi connectivity index (χ3n) is 5.63. The van der Waals surface area contributed by atoms with Crippen molar-refractivity contribution in [3.05, 3.63) is 115 Å². The molecule has 0 aliphatic carbocycles. The minimum Gasteiger partial charge on any atom is -0.439 e. The van der Waals surface area contributed by atoms with Crippen LogP contribution in [0, 0.1) is 5.95 Å². The Morgan fingerprint density at radius 3 is 2.36 bits per heavy atom. The number of para-hydroxylation sites is 1. The molecular formula is C28H18FN3O. The fourth-order valence-corrected chi connectivity index (χ4v) is 4.19. The fourth-order valence-electron chi connectivity index (χ4n) is 4.19. The van der Waals surface area contributed by atoms with E-state index in [2.05, 4.69) is 50.9 Å². The molecule has 3 heterocycles. The summed E-state index contributed by atoms with van der Waals surface area (Å²) < 4.78 is 21.4. The van der Waals surface area contributed by atoms with E-state index in [1.807, 2.05) is 48.5 Å². The van der Waals surface area contributed by atoms with E-state index in [0.29, 0.717) is 5.75 Å². The lowest BCUT2D eigenvalue weighted by molar-refractivity contribution is 0.445. The zero-order valence-corrected chi connectivity index (χ0v) is 17.5. The van der Waals surface area contributed by atoms with Gasteiger partial charge in [0.1, 0.15) is 11.6 Å². The number of halogens is 1. The molecule has 0 radical (unpaired) electrons. The minimum absolute atomic E-state index is 0.220. The van der Waals surface area contributed by atoms with Crippen molar-refractivity contribution in [1.82, 2.24) is 14.5 Å². The van der Waals surface area contributed by atoms with Crippen LogP contribution >= 0.6 is 0 Å². The molecule has 0 aliphatic rings. The van der Waals surface area contributed by atoms with Gasteiger partial charge in [-0.3, -0.25) is 4.57 Å². The van der Waals surface area contributed by atoms with Gasteiger partial charge >= 0.3 is 0 Å². The van der Waals surface area contributed by atoms with Crippen LogP contribution < -0.4 is 4.74 Å². The van der Waals surface area contributed by atoms with E-state index in [-0.39, 0.29) is 5.88 Å². The van der Waals surface area contributed by atoms with Gasteiger partial charge in [-0.25, -0.2) is 4.98 Å². The highest BCUT2D eigenvalue weighted by molar-refractivity contribution is 6.10. The smallest absolute Gasteiger partial charge is 0.221 e. The second kappa shape index (κ2) is 7.88. The maximum Gasteiger partial charge on any atom is 0.221 e. The number of aromatic nitrogens is 3. The van der Waals surface area contributed by atoms with Gasteiger partial charge in [-0.05, 0) is 53.6 Å². The Hall–Kier alpha value is -4.51. The molecule has 4 nitrogen and oxygen atoms in total. The molecule has 5 heteroatoms. The number of pyridine rings is 2. The summed E-state index contributed by atoms with van der Waals surface area (Å²) in [5, 5.41) is 2.34. The number of hydrogen-bond acceptors (Lipinski definition) is 3. The summed E-state index contributed by atoms with van der Waals surface area (Å²) in [6.45, 7) is 0. The van der Waals surface area contributed by atoms with Gasteiger partial charge in [-0.2, -0.15) is 9.37 Å². The SMILES string of the molecule is Fc1cccc(Oc2cccc(-c3ccc4c5ccccc5n(-c5ccccn5)c4c3)c2)n1. The molecule has 33 heavy (non-hydrogen) atoms. The van der Waals surface area contributed by atoms with Crippen LogP contribution in [0.5, 0.6) is 11.6 Å². The zero-order chi connectivity index (χ0) is 22.2. The molecule has 158 valence electrons. The monoisotopic (exact) mass is 431 g/mol. The summed E-state index contributed by atoms with van der Waals surface area (Å²) in [7, 11) is 0. The predicted molar refractivity (Wildman–Crippen MR) is 128 cm³/mol. The van der Waals surface area contributed by atoms with E-state index < -0.39 is 5.95 Å². The van der Waals surface area contributed by atoms with Crippen molar-refractivity contribution in [2.24, 2.45) is 0 Å². The lowest BCUT2D eigenvalue weighted by Gasteiger charge is -2.09. The molecule has 0 unspecified atom stereocenters. The summed E-state index contributed by atoms with van der Waals surface area (Å²) in [6.07, 6.45) is 1.81. The molecule has 0 amide bonds. The fraction of sp³-hybridized carbons (Fsp3) is 0. The molecule has 0 saturated heterocycles. The topological polar surface area (TPSA) is 39.9 Å². The summed E-state index contributed by atoms with van der Waals surface area (Å²) >= 11 is 0. The first-order chi connectivity index (χ1) is 16.3. The van der Waals surface area contributed by atoms with Crippen molar-refractivity contribution in [2.45, 2.75) is 0 Å². The van der Waals surface area contributed by atoms with E-state index in [0.717, 1.165) is 33.4 Å². The van der Waals surface area contributed by atoms with Crippen LogP contribution in [0.15, 0.2) is 109 Å². The lowest BCUT2D eigenvalue weighted by Crippen LogP contribution is -1.96. The first-order valence-corrected chi connectivity index (χ1v) is 10.6. The largest absolute Gasteiger partial charge is 0.439 e. The summed E-state index contributed by atoms with van der Waals surface area (Å²) in [5.41, 5.74) is 4.21. The van der Waals surface area contributed by atoms with E-state index in [1.54, 1.807) is 18.3 Å². The molecule has 0 saturated carbocycles. The Morgan fingerprint density at radius 1 is 0.667 bits per heavy atom. The molecule has 3 aromatic heterocycles. The van der Waals surface area contributed by atoms with E-state index in [9.17, 15) is 4.39 Å². The zero-order valence-electron chi connectivity index (χ0n) is 17.5. The lowest BCUT2D eigenvalue weighted by atomic mass is 10.0. The minimum atomic E-state index is -0.573. The summed E-state index contributed by atoms with van der Waals surface area (Å²) in [5.74, 6) is 1.11. The highest BCUT2D eigenvalue weighted by Crippen LogP contribution is 2.35. The molecule has 0 aliphatic heterocycles. The maximum atomic E-state index is 13.4. The van der Waals surface area contributed by atoms with Crippen molar-refractivity contribution in [3.8, 4) is 28.6 Å². The molecular weight excluding hydrogens is 413 g/mol. The van der Waals surface area contributed by atoms with Crippen LogP contribution in [-0.2, 0) is 0 Å². The van der Waals surface area contributed by atoms with Crippen molar-refractivity contribution >= 4 is 21.8 Å². The first-order valence-electron chi connectivity index (χ1n) is 10.6.